The molecule has 0 spiro atoms. The van der Waals surface area contributed by atoms with E-state index in [-0.39, 0.29) is 5.56 Å². The van der Waals surface area contributed by atoms with Gasteiger partial charge in [-0.3, -0.25) is 9.36 Å². The van der Waals surface area contributed by atoms with Gasteiger partial charge in [0.1, 0.15) is 12.4 Å². The Morgan fingerprint density at radius 3 is 2.58 bits per heavy atom. The summed E-state index contributed by atoms with van der Waals surface area (Å²) in [5.74, 6) is 0.635. The number of rotatable bonds is 4. The predicted molar refractivity (Wildman–Crippen MR) is 106 cm³/mol. The summed E-state index contributed by atoms with van der Waals surface area (Å²) in [4.78, 5) is 16.8. The van der Waals surface area contributed by atoms with E-state index in [2.05, 4.69) is 20.9 Å². The Hall–Kier alpha value is -2.92. The lowest BCUT2D eigenvalue weighted by Gasteiger charge is -2.15. The zero-order valence-electron chi connectivity index (χ0n) is 13.8. The van der Waals surface area contributed by atoms with E-state index < -0.39 is 0 Å². The number of benzene rings is 3. The van der Waals surface area contributed by atoms with Gasteiger partial charge in [-0.05, 0) is 35.9 Å². The van der Waals surface area contributed by atoms with E-state index in [9.17, 15) is 4.79 Å². The smallest absolute Gasteiger partial charge is 0.274 e. The molecule has 4 nitrogen and oxygen atoms in total. The van der Waals surface area contributed by atoms with E-state index in [1.165, 1.54) is 6.20 Å². The van der Waals surface area contributed by atoms with Crippen molar-refractivity contribution < 1.29 is 4.74 Å². The van der Waals surface area contributed by atoms with Crippen LogP contribution in [0.25, 0.3) is 16.7 Å². The summed E-state index contributed by atoms with van der Waals surface area (Å²) in [5.41, 5.74) is 3.03. The second kappa shape index (κ2) is 7.14. The normalized spacial score (nSPS) is 10.8. The van der Waals surface area contributed by atoms with Gasteiger partial charge in [0.25, 0.3) is 5.56 Å². The van der Waals surface area contributed by atoms with E-state index >= 15 is 0 Å². The van der Waals surface area contributed by atoms with Gasteiger partial charge in [0, 0.05) is 4.47 Å². The number of para-hydroxylation sites is 2. The van der Waals surface area contributed by atoms with Crippen LogP contribution in [0.5, 0.6) is 5.75 Å². The van der Waals surface area contributed by atoms with E-state index in [1.54, 1.807) is 4.57 Å². The SMILES string of the molecule is O=c1cnc2ccccc2n1-c1cc(Br)ccc1OCc1ccccc1. The second-order valence-electron chi connectivity index (χ2n) is 5.81. The summed E-state index contributed by atoms with van der Waals surface area (Å²) in [6.07, 6.45) is 1.34. The fourth-order valence-electron chi connectivity index (χ4n) is 2.83. The van der Waals surface area contributed by atoms with E-state index in [1.807, 2.05) is 72.8 Å². The molecule has 26 heavy (non-hydrogen) atoms. The first-order valence-corrected chi connectivity index (χ1v) is 8.95. The van der Waals surface area contributed by atoms with Crippen molar-refractivity contribution in [3.8, 4) is 11.4 Å². The minimum atomic E-state index is -0.202. The largest absolute Gasteiger partial charge is 0.487 e. The molecule has 0 atom stereocenters. The molecule has 0 aliphatic rings. The Kier molecular flexibility index (Phi) is 4.54. The van der Waals surface area contributed by atoms with E-state index in [0.717, 1.165) is 21.1 Å². The molecule has 0 radical (unpaired) electrons. The number of hydrogen-bond donors (Lipinski definition) is 0. The number of halogens is 1. The lowest BCUT2D eigenvalue weighted by atomic mass is 10.2. The van der Waals surface area contributed by atoms with Crippen molar-refractivity contribution in [3.63, 3.8) is 0 Å². The maximum absolute atomic E-state index is 12.6. The van der Waals surface area contributed by atoms with Gasteiger partial charge >= 0.3 is 0 Å². The highest BCUT2D eigenvalue weighted by Gasteiger charge is 2.12. The van der Waals surface area contributed by atoms with Crippen LogP contribution >= 0.6 is 15.9 Å². The average molecular weight is 407 g/mol. The highest BCUT2D eigenvalue weighted by Crippen LogP contribution is 2.28. The molecular weight excluding hydrogens is 392 g/mol. The predicted octanol–water partition coefficient (Wildman–Crippen LogP) is 4.73. The van der Waals surface area contributed by atoms with Crippen LogP contribution in [0.4, 0.5) is 0 Å². The number of aromatic nitrogens is 2. The fourth-order valence-corrected chi connectivity index (χ4v) is 3.18. The zero-order valence-corrected chi connectivity index (χ0v) is 15.4. The van der Waals surface area contributed by atoms with Crippen LogP contribution in [-0.2, 0) is 6.61 Å². The number of nitrogens with zero attached hydrogens (tertiary/aromatic N) is 2. The van der Waals surface area contributed by atoms with Gasteiger partial charge in [0.05, 0.1) is 22.9 Å². The maximum atomic E-state index is 12.6. The first kappa shape index (κ1) is 16.5. The molecule has 4 aromatic rings. The molecule has 0 saturated carbocycles. The molecule has 0 amide bonds. The quantitative estimate of drug-likeness (QED) is 0.492. The lowest BCUT2D eigenvalue weighted by molar-refractivity contribution is 0.305. The molecule has 128 valence electrons. The van der Waals surface area contributed by atoms with Crippen molar-refractivity contribution in [3.05, 3.63) is 99.4 Å². The Balaban J connectivity index is 1.83. The topological polar surface area (TPSA) is 44.1 Å². The maximum Gasteiger partial charge on any atom is 0.274 e. The minimum Gasteiger partial charge on any atom is -0.487 e. The molecule has 4 rings (SSSR count). The van der Waals surface area contributed by atoms with Crippen molar-refractivity contribution >= 4 is 27.0 Å². The number of hydrogen-bond acceptors (Lipinski definition) is 3. The Morgan fingerprint density at radius 2 is 1.73 bits per heavy atom. The van der Waals surface area contributed by atoms with Gasteiger partial charge in [-0.1, -0.05) is 58.4 Å². The Labute approximate surface area is 158 Å². The molecule has 1 heterocycles. The van der Waals surface area contributed by atoms with Gasteiger partial charge in [0.2, 0.25) is 0 Å². The first-order chi connectivity index (χ1) is 12.7. The molecule has 0 aliphatic heterocycles. The molecule has 1 aromatic heterocycles. The molecule has 0 N–H and O–H groups in total. The Bertz CT molecular complexity index is 1120. The van der Waals surface area contributed by atoms with Crippen molar-refractivity contribution in [1.82, 2.24) is 9.55 Å². The lowest BCUT2D eigenvalue weighted by Crippen LogP contribution is -2.19. The Morgan fingerprint density at radius 1 is 0.962 bits per heavy atom. The molecule has 0 bridgehead atoms. The monoisotopic (exact) mass is 406 g/mol. The highest BCUT2D eigenvalue weighted by molar-refractivity contribution is 9.10. The molecular formula is C21H15BrN2O2. The summed E-state index contributed by atoms with van der Waals surface area (Å²) in [7, 11) is 0. The highest BCUT2D eigenvalue weighted by atomic mass is 79.9. The third-order valence-electron chi connectivity index (χ3n) is 4.06. The molecule has 0 unspecified atom stereocenters. The van der Waals surface area contributed by atoms with Gasteiger partial charge in [-0.2, -0.15) is 0 Å². The first-order valence-electron chi connectivity index (χ1n) is 8.16. The van der Waals surface area contributed by atoms with Crippen LogP contribution in [0.15, 0.2) is 88.3 Å². The summed E-state index contributed by atoms with van der Waals surface area (Å²) in [6, 6.07) is 23.1. The second-order valence-corrected chi connectivity index (χ2v) is 6.72. The molecule has 0 fully saturated rings. The minimum absolute atomic E-state index is 0.202. The zero-order chi connectivity index (χ0) is 17.9. The molecule has 3 aromatic carbocycles. The van der Waals surface area contributed by atoms with Crippen LogP contribution in [-0.4, -0.2) is 9.55 Å². The summed E-state index contributed by atoms with van der Waals surface area (Å²) in [6.45, 7) is 0.424. The average Bonchev–Trinajstić information content (AvgIpc) is 2.68. The summed E-state index contributed by atoms with van der Waals surface area (Å²) < 4.78 is 8.54. The third-order valence-corrected chi connectivity index (χ3v) is 4.55. The standard InChI is InChI=1S/C21H15BrN2O2/c22-16-10-11-20(26-14-15-6-2-1-3-7-15)19(12-16)24-18-9-5-4-8-17(18)23-13-21(24)25/h1-13H,14H2. The molecule has 0 aliphatic carbocycles. The van der Waals surface area contributed by atoms with Crippen LogP contribution in [0, 0.1) is 0 Å². The molecule has 0 saturated heterocycles. The summed E-state index contributed by atoms with van der Waals surface area (Å²) in [5, 5.41) is 0. The fraction of sp³-hybridized carbons (Fsp3) is 0.0476. The molecule has 5 heteroatoms. The summed E-state index contributed by atoms with van der Waals surface area (Å²) >= 11 is 3.49. The van der Waals surface area contributed by atoms with Crippen LogP contribution in [0.2, 0.25) is 0 Å². The van der Waals surface area contributed by atoms with Crippen molar-refractivity contribution in [2.45, 2.75) is 6.61 Å². The van der Waals surface area contributed by atoms with Gasteiger partial charge < -0.3 is 4.74 Å². The van der Waals surface area contributed by atoms with Crippen LogP contribution < -0.4 is 10.3 Å². The van der Waals surface area contributed by atoms with Crippen LogP contribution in [0.1, 0.15) is 5.56 Å². The van der Waals surface area contributed by atoms with Crippen molar-refractivity contribution in [2.75, 3.05) is 0 Å². The third kappa shape index (κ3) is 3.26. The van der Waals surface area contributed by atoms with Crippen molar-refractivity contribution in [2.24, 2.45) is 0 Å². The van der Waals surface area contributed by atoms with E-state index in [4.69, 9.17) is 4.74 Å². The number of fused-ring (bicyclic) bond motifs is 1. The number of ether oxygens (including phenoxy) is 1. The van der Waals surface area contributed by atoms with Gasteiger partial charge in [-0.15, -0.1) is 0 Å². The van der Waals surface area contributed by atoms with Crippen LogP contribution in [0.3, 0.4) is 0 Å². The van der Waals surface area contributed by atoms with Gasteiger partial charge in [0.15, 0.2) is 0 Å². The van der Waals surface area contributed by atoms with Gasteiger partial charge in [-0.25, -0.2) is 4.98 Å². The van der Waals surface area contributed by atoms with E-state index in [0.29, 0.717) is 18.0 Å². The van der Waals surface area contributed by atoms with Crippen molar-refractivity contribution in [1.29, 1.82) is 0 Å².